The molecule has 0 amide bonds. The Bertz CT molecular complexity index is 174. The second-order valence-corrected chi connectivity index (χ2v) is 11.0. The Kier molecular flexibility index (Phi) is 6.78. The second-order valence-electron chi connectivity index (χ2n) is 5.57. The molecule has 0 aliphatic rings. The first-order chi connectivity index (χ1) is 7.28. The van der Waals surface area contributed by atoms with Gasteiger partial charge in [0.2, 0.25) is 0 Å². The summed E-state index contributed by atoms with van der Waals surface area (Å²) in [5.41, 5.74) is 7.43. The van der Waals surface area contributed by atoms with Gasteiger partial charge in [-0.15, -0.1) is 0 Å². The monoisotopic (exact) mass is 247 g/mol. The van der Waals surface area contributed by atoms with Crippen LogP contribution < -0.4 is 5.73 Å². The lowest BCUT2D eigenvalue weighted by molar-refractivity contribution is 0.192. The summed E-state index contributed by atoms with van der Waals surface area (Å²) >= 11 is 0. The van der Waals surface area contributed by atoms with Gasteiger partial charge < -0.3 is 15.3 Å². The van der Waals surface area contributed by atoms with Crippen LogP contribution in [0.5, 0.6) is 0 Å². The molecule has 3 N–H and O–H groups in total. The van der Waals surface area contributed by atoms with Gasteiger partial charge in [0.25, 0.3) is 0 Å². The summed E-state index contributed by atoms with van der Waals surface area (Å²) in [6, 6.07) is -0.247. The van der Waals surface area contributed by atoms with Crippen LogP contribution in [-0.2, 0) is 4.43 Å². The van der Waals surface area contributed by atoms with Gasteiger partial charge in [0.1, 0.15) is 0 Å². The van der Waals surface area contributed by atoms with Crippen LogP contribution in [0.3, 0.4) is 0 Å². The molecule has 3 nitrogen and oxygen atoms in total. The number of hydrogen-bond acceptors (Lipinski definition) is 3. The highest BCUT2D eigenvalue weighted by molar-refractivity contribution is 6.77. The minimum Gasteiger partial charge on any atom is -0.414 e. The fourth-order valence-corrected chi connectivity index (χ4v) is 8.31. The molecule has 0 aliphatic heterocycles. The van der Waals surface area contributed by atoms with Crippen LogP contribution in [0.25, 0.3) is 0 Å². The lowest BCUT2D eigenvalue weighted by atomic mass is 10.4. The van der Waals surface area contributed by atoms with Gasteiger partial charge in [0, 0.05) is 6.04 Å². The Labute approximate surface area is 102 Å². The molecule has 0 aromatic heterocycles. The van der Waals surface area contributed by atoms with Crippen LogP contribution in [0.4, 0.5) is 0 Å². The zero-order chi connectivity index (χ0) is 12.9. The molecular formula is C12H29NO2Si. The highest BCUT2D eigenvalue weighted by Crippen LogP contribution is 2.42. The van der Waals surface area contributed by atoms with E-state index in [-0.39, 0.29) is 12.6 Å². The topological polar surface area (TPSA) is 55.5 Å². The third-order valence-corrected chi connectivity index (χ3v) is 9.57. The normalized spacial score (nSPS) is 15.2. The van der Waals surface area contributed by atoms with Crippen molar-refractivity contribution in [2.24, 2.45) is 5.73 Å². The van der Waals surface area contributed by atoms with E-state index in [2.05, 4.69) is 41.5 Å². The lowest BCUT2D eigenvalue weighted by Crippen LogP contribution is -2.50. The number of aliphatic hydroxyl groups is 1. The van der Waals surface area contributed by atoms with Gasteiger partial charge in [-0.1, -0.05) is 41.5 Å². The molecule has 0 unspecified atom stereocenters. The molecule has 4 heteroatoms. The van der Waals surface area contributed by atoms with Gasteiger partial charge in [0.05, 0.1) is 13.2 Å². The number of rotatable bonds is 7. The van der Waals surface area contributed by atoms with E-state index in [9.17, 15) is 0 Å². The third kappa shape index (κ3) is 3.55. The molecule has 0 aliphatic carbocycles. The molecule has 16 heavy (non-hydrogen) atoms. The molecule has 0 heterocycles. The van der Waals surface area contributed by atoms with E-state index in [4.69, 9.17) is 15.3 Å². The van der Waals surface area contributed by atoms with Crippen LogP contribution in [0.1, 0.15) is 41.5 Å². The van der Waals surface area contributed by atoms with Crippen LogP contribution in [-0.4, -0.2) is 32.7 Å². The average Bonchev–Trinajstić information content (AvgIpc) is 2.16. The zero-order valence-corrected chi connectivity index (χ0v) is 12.7. The van der Waals surface area contributed by atoms with E-state index in [1.165, 1.54) is 0 Å². The van der Waals surface area contributed by atoms with Gasteiger partial charge in [-0.3, -0.25) is 0 Å². The fourth-order valence-electron chi connectivity index (χ4n) is 2.80. The highest BCUT2D eigenvalue weighted by atomic mass is 28.4. The van der Waals surface area contributed by atoms with Gasteiger partial charge in [-0.25, -0.2) is 0 Å². The summed E-state index contributed by atoms with van der Waals surface area (Å²) in [7, 11) is -1.80. The summed E-state index contributed by atoms with van der Waals surface area (Å²) in [5.74, 6) is 0. The fraction of sp³-hybridized carbons (Fsp3) is 1.00. The van der Waals surface area contributed by atoms with E-state index < -0.39 is 8.32 Å². The van der Waals surface area contributed by atoms with Crippen molar-refractivity contribution in [3.8, 4) is 0 Å². The molecule has 0 radical (unpaired) electrons. The summed E-state index contributed by atoms with van der Waals surface area (Å²) in [6.07, 6.45) is 0. The van der Waals surface area contributed by atoms with E-state index >= 15 is 0 Å². The van der Waals surface area contributed by atoms with Gasteiger partial charge >= 0.3 is 0 Å². The highest BCUT2D eigenvalue weighted by Gasteiger charge is 2.45. The van der Waals surface area contributed by atoms with Crippen molar-refractivity contribution in [2.75, 3.05) is 13.2 Å². The van der Waals surface area contributed by atoms with Crippen molar-refractivity contribution >= 4 is 8.32 Å². The largest absolute Gasteiger partial charge is 0.414 e. The first kappa shape index (κ1) is 16.1. The van der Waals surface area contributed by atoms with E-state index in [0.717, 1.165) is 0 Å². The Morgan fingerprint density at radius 1 is 1.00 bits per heavy atom. The summed E-state index contributed by atoms with van der Waals surface area (Å²) in [6.45, 7) is 14.0. The first-order valence-corrected chi connectivity index (χ1v) is 8.43. The lowest BCUT2D eigenvalue weighted by Gasteiger charge is -2.42. The SMILES string of the molecule is CC(C)[Si](OC[C@@H](N)CO)(C(C)C)C(C)C. The van der Waals surface area contributed by atoms with Crippen molar-refractivity contribution in [2.45, 2.75) is 64.2 Å². The van der Waals surface area contributed by atoms with Gasteiger partial charge in [-0.05, 0) is 16.6 Å². The van der Waals surface area contributed by atoms with Gasteiger partial charge in [0.15, 0.2) is 8.32 Å². The van der Waals surface area contributed by atoms with E-state index in [1.54, 1.807) is 0 Å². The molecule has 0 aromatic rings. The van der Waals surface area contributed by atoms with Gasteiger partial charge in [-0.2, -0.15) is 0 Å². The maximum absolute atomic E-state index is 8.96. The van der Waals surface area contributed by atoms with Crippen molar-refractivity contribution in [1.82, 2.24) is 0 Å². The van der Waals surface area contributed by atoms with E-state index in [0.29, 0.717) is 23.2 Å². The molecule has 0 rings (SSSR count). The minimum atomic E-state index is -1.80. The summed E-state index contributed by atoms with van der Waals surface area (Å²) in [5, 5.41) is 8.96. The number of nitrogens with two attached hydrogens (primary N) is 1. The molecule has 0 aromatic carbocycles. The summed E-state index contributed by atoms with van der Waals surface area (Å²) in [4.78, 5) is 0. The van der Waals surface area contributed by atoms with Crippen molar-refractivity contribution < 1.29 is 9.53 Å². The number of hydrogen-bond donors (Lipinski definition) is 2. The molecule has 0 fully saturated rings. The minimum absolute atomic E-state index is 0.00122. The predicted octanol–water partition coefficient (Wildman–Crippen LogP) is 2.50. The van der Waals surface area contributed by atoms with Crippen molar-refractivity contribution in [1.29, 1.82) is 0 Å². The molecule has 0 saturated carbocycles. The second kappa shape index (κ2) is 6.74. The Morgan fingerprint density at radius 3 is 1.62 bits per heavy atom. The Morgan fingerprint density at radius 2 is 1.38 bits per heavy atom. The van der Waals surface area contributed by atoms with Crippen LogP contribution >= 0.6 is 0 Å². The maximum atomic E-state index is 8.96. The van der Waals surface area contributed by atoms with Crippen LogP contribution in [0.2, 0.25) is 16.6 Å². The molecule has 1 atom stereocenters. The third-order valence-electron chi connectivity index (χ3n) is 3.49. The summed E-state index contributed by atoms with van der Waals surface area (Å²) < 4.78 is 6.22. The number of aliphatic hydroxyl groups excluding tert-OH is 1. The molecule has 0 saturated heterocycles. The predicted molar refractivity (Wildman–Crippen MR) is 72.1 cm³/mol. The Balaban J connectivity index is 4.77. The average molecular weight is 247 g/mol. The maximum Gasteiger partial charge on any atom is 0.200 e. The van der Waals surface area contributed by atoms with Crippen LogP contribution in [0.15, 0.2) is 0 Å². The van der Waals surface area contributed by atoms with E-state index in [1.807, 2.05) is 0 Å². The van der Waals surface area contributed by atoms with Crippen molar-refractivity contribution in [3.05, 3.63) is 0 Å². The molecule has 0 bridgehead atoms. The molecular weight excluding hydrogens is 218 g/mol. The van der Waals surface area contributed by atoms with Crippen LogP contribution in [0, 0.1) is 0 Å². The Hall–Kier alpha value is 0.0969. The standard InChI is InChI=1S/C12H29NO2Si/c1-9(2)16(10(3)4,11(5)6)15-8-12(13)7-14/h9-12,14H,7-8,13H2,1-6H3/t12-/m0/s1. The quantitative estimate of drug-likeness (QED) is 0.680. The zero-order valence-electron chi connectivity index (χ0n) is 11.7. The van der Waals surface area contributed by atoms with Crippen molar-refractivity contribution in [3.63, 3.8) is 0 Å². The first-order valence-electron chi connectivity index (χ1n) is 6.29. The smallest absolute Gasteiger partial charge is 0.200 e. The molecule has 98 valence electrons. The molecule has 0 spiro atoms.